The zero-order valence-corrected chi connectivity index (χ0v) is 19.8. The molecule has 0 radical (unpaired) electrons. The Labute approximate surface area is 208 Å². The number of nitrogens with zero attached hydrogens (tertiary/aromatic N) is 6. The Kier molecular flexibility index (Phi) is 5.66. The summed E-state index contributed by atoms with van der Waals surface area (Å²) in [7, 11) is 0. The molecule has 1 aromatic carbocycles. The van der Waals surface area contributed by atoms with Gasteiger partial charge in [-0.1, -0.05) is 48.6 Å². The molecule has 0 bridgehead atoms. The van der Waals surface area contributed by atoms with Crippen LogP contribution < -0.4 is 16.2 Å². The van der Waals surface area contributed by atoms with Gasteiger partial charge in [-0.05, 0) is 24.5 Å². The molecule has 6 rings (SSSR count). The molecule has 3 atom stereocenters. The van der Waals surface area contributed by atoms with E-state index in [1.165, 1.54) is 10.9 Å². The normalized spacial score (nSPS) is 22.8. The molecule has 4 heterocycles. The summed E-state index contributed by atoms with van der Waals surface area (Å²) in [6.07, 6.45) is 11.1. The van der Waals surface area contributed by atoms with Crippen LogP contribution in [0.5, 0.6) is 0 Å². The number of aromatic nitrogens is 3. The van der Waals surface area contributed by atoms with Crippen LogP contribution in [0.15, 0.2) is 70.8 Å². The largest absolute Gasteiger partial charge is 0.469 e. The van der Waals surface area contributed by atoms with E-state index in [9.17, 15) is 10.1 Å². The number of rotatable bonds is 5. The van der Waals surface area contributed by atoms with E-state index >= 15 is 0 Å². The van der Waals surface area contributed by atoms with Gasteiger partial charge in [0.25, 0.3) is 5.56 Å². The van der Waals surface area contributed by atoms with Crippen LogP contribution in [0.3, 0.4) is 0 Å². The van der Waals surface area contributed by atoms with Gasteiger partial charge in [-0.15, -0.1) is 0 Å². The Morgan fingerprint density at radius 2 is 2.00 bits per heavy atom. The van der Waals surface area contributed by atoms with Gasteiger partial charge in [0.1, 0.15) is 47.2 Å². The lowest BCUT2D eigenvalue weighted by molar-refractivity contribution is 0.246. The number of fused-ring (bicyclic) bond motifs is 2. The van der Waals surface area contributed by atoms with Crippen molar-refractivity contribution in [1.29, 1.82) is 5.26 Å². The minimum absolute atomic E-state index is 0.0160. The Bertz CT molecular complexity index is 1490. The van der Waals surface area contributed by atoms with Crippen molar-refractivity contribution in [2.45, 2.75) is 44.1 Å². The maximum Gasteiger partial charge on any atom is 0.278 e. The monoisotopic (exact) mass is 481 g/mol. The third kappa shape index (κ3) is 3.89. The number of ether oxygens (including phenoxy) is 1. The van der Waals surface area contributed by atoms with Gasteiger partial charge in [-0.2, -0.15) is 5.26 Å². The van der Waals surface area contributed by atoms with Gasteiger partial charge in [0.05, 0.1) is 6.33 Å². The third-order valence-electron chi connectivity index (χ3n) is 6.98. The van der Waals surface area contributed by atoms with Crippen LogP contribution in [0.2, 0.25) is 0 Å². The molecule has 1 fully saturated rings. The zero-order valence-electron chi connectivity index (χ0n) is 19.8. The van der Waals surface area contributed by atoms with Crippen molar-refractivity contribution in [1.82, 2.24) is 14.1 Å². The quantitative estimate of drug-likeness (QED) is 0.598. The Balaban J connectivity index is 1.47. The van der Waals surface area contributed by atoms with Crippen LogP contribution in [0, 0.1) is 11.3 Å². The minimum Gasteiger partial charge on any atom is -0.469 e. The summed E-state index contributed by atoms with van der Waals surface area (Å²) in [5, 5.41) is 10.2. The van der Waals surface area contributed by atoms with Crippen LogP contribution in [0.1, 0.15) is 24.0 Å². The van der Waals surface area contributed by atoms with Gasteiger partial charge in [-0.3, -0.25) is 9.36 Å². The van der Waals surface area contributed by atoms with E-state index in [1.807, 2.05) is 59.2 Å². The van der Waals surface area contributed by atoms with Crippen molar-refractivity contribution in [2.75, 3.05) is 18.0 Å². The van der Waals surface area contributed by atoms with Crippen molar-refractivity contribution in [2.24, 2.45) is 10.7 Å². The van der Waals surface area contributed by atoms with Crippen molar-refractivity contribution in [3.63, 3.8) is 0 Å². The molecule has 2 N–H and O–H groups in total. The van der Waals surface area contributed by atoms with Crippen molar-refractivity contribution < 1.29 is 4.74 Å². The molecule has 0 spiro atoms. The number of benzene rings is 1. The van der Waals surface area contributed by atoms with Gasteiger partial charge >= 0.3 is 0 Å². The third-order valence-corrected chi connectivity index (χ3v) is 6.98. The highest BCUT2D eigenvalue weighted by atomic mass is 16.5. The van der Waals surface area contributed by atoms with E-state index in [-0.39, 0.29) is 30.3 Å². The number of hydrogen-bond donors (Lipinski definition) is 1. The highest BCUT2D eigenvalue weighted by molar-refractivity contribution is 5.89. The highest BCUT2D eigenvalue weighted by Gasteiger charge is 2.31. The van der Waals surface area contributed by atoms with Crippen molar-refractivity contribution in [3.8, 4) is 6.07 Å². The van der Waals surface area contributed by atoms with E-state index in [2.05, 4.69) is 20.9 Å². The summed E-state index contributed by atoms with van der Waals surface area (Å²) < 4.78 is 9.42. The smallest absolute Gasteiger partial charge is 0.278 e. The number of nitriles is 1. The summed E-state index contributed by atoms with van der Waals surface area (Å²) >= 11 is 0. The van der Waals surface area contributed by atoms with Gasteiger partial charge in [0, 0.05) is 25.7 Å². The second-order valence-electron chi connectivity index (χ2n) is 9.47. The van der Waals surface area contributed by atoms with Crippen LogP contribution in [0.25, 0.3) is 11.0 Å². The first-order chi connectivity index (χ1) is 17.6. The number of allylic oxidation sites excluding steroid dienone is 2. The predicted octanol–water partition coefficient (Wildman–Crippen LogP) is 2.34. The average Bonchev–Trinajstić information content (AvgIpc) is 3.44. The number of aliphatic imine (C=N–C) groups is 1. The molecule has 2 unspecified atom stereocenters. The first kappa shape index (κ1) is 22.3. The number of anilines is 1. The van der Waals surface area contributed by atoms with E-state index in [4.69, 9.17) is 10.5 Å². The predicted molar refractivity (Wildman–Crippen MR) is 138 cm³/mol. The molecule has 1 aliphatic carbocycles. The van der Waals surface area contributed by atoms with Gasteiger partial charge < -0.3 is 19.9 Å². The fourth-order valence-corrected chi connectivity index (χ4v) is 5.30. The summed E-state index contributed by atoms with van der Waals surface area (Å²) in [4.78, 5) is 25.2. The number of hydrogen-bond acceptors (Lipinski definition) is 7. The van der Waals surface area contributed by atoms with E-state index < -0.39 is 0 Å². The van der Waals surface area contributed by atoms with Crippen LogP contribution in [-0.4, -0.2) is 51.3 Å². The molecular weight excluding hydrogens is 454 g/mol. The summed E-state index contributed by atoms with van der Waals surface area (Å²) in [5.41, 5.74) is 8.33. The first-order valence-corrected chi connectivity index (χ1v) is 12.3. The lowest BCUT2D eigenvalue weighted by Crippen LogP contribution is -2.44. The number of piperidine rings is 1. The molecule has 0 saturated carbocycles. The maximum atomic E-state index is 13.9. The lowest BCUT2D eigenvalue weighted by Gasteiger charge is -2.33. The minimum atomic E-state index is -0.229. The highest BCUT2D eigenvalue weighted by Crippen LogP contribution is 2.32. The molecular formula is C27H27N7O2. The molecule has 3 aliphatic rings. The molecule has 2 aromatic heterocycles. The maximum absolute atomic E-state index is 13.9. The topological polar surface area (TPSA) is 114 Å². The molecule has 9 nitrogen and oxygen atoms in total. The summed E-state index contributed by atoms with van der Waals surface area (Å²) in [6.45, 7) is 2.02. The number of nitrogens with two attached hydrogens (primary N) is 1. The average molecular weight is 482 g/mol. The SMILES string of the molecule is N#Cc1c(N2CCC[C@H](N)C2)n(Cc2ccccc2)c2c(=O)n(CC3=NC4C=CC=CC4O3)cnc12. The molecule has 182 valence electrons. The van der Waals surface area contributed by atoms with Crippen LogP contribution in [0.4, 0.5) is 5.82 Å². The van der Waals surface area contributed by atoms with Gasteiger partial charge in [-0.25, -0.2) is 9.98 Å². The second-order valence-corrected chi connectivity index (χ2v) is 9.47. The van der Waals surface area contributed by atoms with Gasteiger partial charge in [0.15, 0.2) is 0 Å². The Morgan fingerprint density at radius 3 is 2.78 bits per heavy atom. The second kappa shape index (κ2) is 9.13. The van der Waals surface area contributed by atoms with E-state index in [1.54, 1.807) is 0 Å². The van der Waals surface area contributed by atoms with Crippen molar-refractivity contribution >= 4 is 22.7 Å². The van der Waals surface area contributed by atoms with Crippen LogP contribution in [-0.2, 0) is 17.8 Å². The molecule has 2 aliphatic heterocycles. The Hall–Kier alpha value is -4.16. The zero-order chi connectivity index (χ0) is 24.6. The van der Waals surface area contributed by atoms with Gasteiger partial charge in [0.2, 0.25) is 5.90 Å². The first-order valence-electron chi connectivity index (χ1n) is 12.3. The van der Waals surface area contributed by atoms with Crippen molar-refractivity contribution in [3.05, 3.63) is 82.4 Å². The molecule has 9 heteroatoms. The standard InChI is InChI=1S/C27H27N7O2/c28-13-20-24-25(27(35)33(17-30-24)16-23-31-21-10-4-5-11-22(21)36-23)34(14-18-7-2-1-3-8-18)26(20)32-12-6-9-19(29)15-32/h1-5,7-8,10-11,17,19,21-22H,6,9,12,14-16,29H2/t19-,21?,22?/m0/s1. The van der Waals surface area contributed by atoms with E-state index in [0.717, 1.165) is 24.9 Å². The molecule has 3 aromatic rings. The fourth-order valence-electron chi connectivity index (χ4n) is 5.30. The molecule has 0 amide bonds. The van der Waals surface area contributed by atoms with Crippen LogP contribution >= 0.6 is 0 Å². The summed E-state index contributed by atoms with van der Waals surface area (Å²) in [5.74, 6) is 1.21. The fraction of sp³-hybridized carbons (Fsp3) is 0.333. The van der Waals surface area contributed by atoms with E-state index in [0.29, 0.717) is 41.4 Å². The molecule has 1 saturated heterocycles. The lowest BCUT2D eigenvalue weighted by atomic mass is 10.1. The molecule has 36 heavy (non-hydrogen) atoms. The Morgan fingerprint density at radius 1 is 1.17 bits per heavy atom. The summed E-state index contributed by atoms with van der Waals surface area (Å²) in [6, 6.07) is 12.2.